The average Bonchev–Trinajstić information content (AvgIpc) is 3.19. The van der Waals surface area contributed by atoms with Gasteiger partial charge in [0.1, 0.15) is 12.0 Å². The van der Waals surface area contributed by atoms with Crippen LogP contribution in [0.25, 0.3) is 11.5 Å². The minimum atomic E-state index is -2.92. The number of aliphatic imine (C=N–C) groups is 1. The number of rotatable bonds is 7. The van der Waals surface area contributed by atoms with Gasteiger partial charge in [0.2, 0.25) is 5.89 Å². The first-order valence-electron chi connectivity index (χ1n) is 8.72. The van der Waals surface area contributed by atoms with Gasteiger partial charge in [-0.25, -0.2) is 4.98 Å². The van der Waals surface area contributed by atoms with E-state index in [4.69, 9.17) is 16.0 Å². The maximum absolute atomic E-state index is 12.6. The third kappa shape index (κ3) is 6.84. The van der Waals surface area contributed by atoms with Gasteiger partial charge in [-0.05, 0) is 30.3 Å². The number of ether oxygens (including phenoxy) is 1. The van der Waals surface area contributed by atoms with E-state index in [1.165, 1.54) is 12.1 Å². The van der Waals surface area contributed by atoms with Crippen LogP contribution in [0.3, 0.4) is 0 Å². The number of hydrogen-bond acceptors (Lipinski definition) is 4. The highest BCUT2D eigenvalue weighted by Gasteiger charge is 2.11. The molecule has 160 valence electrons. The van der Waals surface area contributed by atoms with Crippen molar-refractivity contribution >= 4 is 41.5 Å². The van der Waals surface area contributed by atoms with E-state index >= 15 is 0 Å². The Hall–Kier alpha value is -2.40. The highest BCUT2D eigenvalue weighted by molar-refractivity contribution is 14.0. The van der Waals surface area contributed by atoms with Crippen LogP contribution in [0.5, 0.6) is 5.75 Å². The Morgan fingerprint density at radius 2 is 1.90 bits per heavy atom. The molecule has 2 N–H and O–H groups in total. The number of oxazole rings is 1. The lowest BCUT2D eigenvalue weighted by Crippen LogP contribution is -2.36. The van der Waals surface area contributed by atoms with Crippen molar-refractivity contribution < 1.29 is 17.9 Å². The summed E-state index contributed by atoms with van der Waals surface area (Å²) in [5, 5.41) is 6.54. The largest absolute Gasteiger partial charge is 0.444 e. The fourth-order valence-corrected chi connectivity index (χ4v) is 2.77. The van der Waals surface area contributed by atoms with Crippen molar-refractivity contribution in [2.75, 3.05) is 7.05 Å². The quantitative estimate of drug-likeness (QED) is 0.245. The molecule has 0 saturated heterocycles. The summed E-state index contributed by atoms with van der Waals surface area (Å²) < 4.78 is 35.2. The fraction of sp³-hybridized carbons (Fsp3) is 0.200. The van der Waals surface area contributed by atoms with Crippen molar-refractivity contribution in [3.05, 3.63) is 71.1 Å². The predicted molar refractivity (Wildman–Crippen MR) is 122 cm³/mol. The van der Waals surface area contributed by atoms with Crippen molar-refractivity contribution in [2.45, 2.75) is 19.7 Å². The Labute approximate surface area is 194 Å². The predicted octanol–water partition coefficient (Wildman–Crippen LogP) is 5.08. The van der Waals surface area contributed by atoms with Gasteiger partial charge in [-0.1, -0.05) is 29.8 Å². The molecule has 0 radical (unpaired) electrons. The van der Waals surface area contributed by atoms with Crippen LogP contribution < -0.4 is 15.4 Å². The molecule has 0 saturated carbocycles. The molecule has 6 nitrogen and oxygen atoms in total. The second kappa shape index (κ2) is 11.7. The van der Waals surface area contributed by atoms with Crippen molar-refractivity contribution in [3.8, 4) is 17.2 Å². The molecular formula is C20H20ClF2IN4O2. The summed E-state index contributed by atoms with van der Waals surface area (Å²) in [5.41, 5.74) is 2.05. The lowest BCUT2D eigenvalue weighted by Gasteiger charge is -2.14. The summed E-state index contributed by atoms with van der Waals surface area (Å²) in [7, 11) is 1.60. The van der Waals surface area contributed by atoms with E-state index in [1.807, 2.05) is 30.3 Å². The van der Waals surface area contributed by atoms with Gasteiger partial charge in [0.25, 0.3) is 0 Å². The molecule has 3 aromatic rings. The average molecular weight is 549 g/mol. The normalized spacial score (nSPS) is 11.2. The molecule has 10 heteroatoms. The van der Waals surface area contributed by atoms with Gasteiger partial charge in [-0.3, -0.25) is 4.99 Å². The number of benzene rings is 2. The molecule has 0 unspecified atom stereocenters. The van der Waals surface area contributed by atoms with Crippen LogP contribution in [-0.2, 0) is 13.1 Å². The number of halogens is 4. The molecule has 0 fully saturated rings. The van der Waals surface area contributed by atoms with Crippen LogP contribution >= 0.6 is 35.6 Å². The molecule has 1 aromatic heterocycles. The van der Waals surface area contributed by atoms with Crippen molar-refractivity contribution in [1.29, 1.82) is 0 Å². The summed E-state index contributed by atoms with van der Waals surface area (Å²) >= 11 is 5.96. The Balaban J connectivity index is 0.00000320. The number of aromatic nitrogens is 1. The number of nitrogens with one attached hydrogen (secondary N) is 2. The zero-order chi connectivity index (χ0) is 20.6. The standard InChI is InChI=1S/C20H19ClF2N4O2.HI/c1-24-20(25-10-14-9-15(21)7-8-17(14)29-19(22)23)26-11-16-12-28-18(27-16)13-5-3-2-4-6-13;/h2-9,12,19H,10-11H2,1H3,(H2,24,25,26);1H. The van der Waals surface area contributed by atoms with E-state index in [9.17, 15) is 8.78 Å². The zero-order valence-corrected chi connectivity index (χ0v) is 19.0. The second-order valence-electron chi connectivity index (χ2n) is 5.92. The second-order valence-corrected chi connectivity index (χ2v) is 6.36. The first-order chi connectivity index (χ1) is 14.0. The van der Waals surface area contributed by atoms with E-state index in [2.05, 4.69) is 25.3 Å². The zero-order valence-electron chi connectivity index (χ0n) is 15.9. The van der Waals surface area contributed by atoms with Crippen molar-refractivity contribution in [1.82, 2.24) is 15.6 Å². The van der Waals surface area contributed by atoms with E-state index < -0.39 is 6.61 Å². The molecular weight excluding hydrogens is 529 g/mol. The summed E-state index contributed by atoms with van der Waals surface area (Å²) in [6, 6.07) is 14.0. The van der Waals surface area contributed by atoms with E-state index in [-0.39, 0.29) is 36.3 Å². The monoisotopic (exact) mass is 548 g/mol. The molecule has 0 amide bonds. The summed E-state index contributed by atoms with van der Waals surface area (Å²) in [5.74, 6) is 1.03. The van der Waals surface area contributed by atoms with Crippen LogP contribution in [0.4, 0.5) is 8.78 Å². The minimum Gasteiger partial charge on any atom is -0.444 e. The molecule has 0 spiro atoms. The molecule has 1 heterocycles. The van der Waals surface area contributed by atoms with Crippen LogP contribution in [0.2, 0.25) is 5.02 Å². The molecule has 30 heavy (non-hydrogen) atoms. The Morgan fingerprint density at radius 1 is 1.17 bits per heavy atom. The minimum absolute atomic E-state index is 0. The van der Waals surface area contributed by atoms with Crippen molar-refractivity contribution in [3.63, 3.8) is 0 Å². The third-order valence-corrected chi connectivity index (χ3v) is 4.15. The topological polar surface area (TPSA) is 71.7 Å². The molecule has 0 aliphatic heterocycles. The van der Waals surface area contributed by atoms with Gasteiger partial charge in [-0.2, -0.15) is 8.78 Å². The Kier molecular flexibility index (Phi) is 9.31. The molecule has 0 bridgehead atoms. The van der Waals surface area contributed by atoms with E-state index in [0.717, 1.165) is 5.56 Å². The number of nitrogens with zero attached hydrogens (tertiary/aromatic N) is 2. The molecule has 0 atom stereocenters. The van der Waals surface area contributed by atoms with E-state index in [1.54, 1.807) is 19.4 Å². The molecule has 0 aliphatic rings. The van der Waals surface area contributed by atoms with Gasteiger partial charge in [0, 0.05) is 29.7 Å². The van der Waals surface area contributed by atoms with Crippen LogP contribution in [0.1, 0.15) is 11.3 Å². The highest BCUT2D eigenvalue weighted by Crippen LogP contribution is 2.24. The molecule has 2 aromatic carbocycles. The summed E-state index contributed by atoms with van der Waals surface area (Å²) in [6.07, 6.45) is 1.56. The number of guanidine groups is 1. The smallest absolute Gasteiger partial charge is 0.387 e. The van der Waals surface area contributed by atoms with Gasteiger partial charge in [-0.15, -0.1) is 24.0 Å². The highest BCUT2D eigenvalue weighted by atomic mass is 127. The van der Waals surface area contributed by atoms with Gasteiger partial charge in [0.15, 0.2) is 5.96 Å². The first-order valence-corrected chi connectivity index (χ1v) is 9.10. The lowest BCUT2D eigenvalue weighted by molar-refractivity contribution is -0.0504. The Morgan fingerprint density at radius 3 is 2.60 bits per heavy atom. The fourth-order valence-electron chi connectivity index (χ4n) is 2.57. The van der Waals surface area contributed by atoms with Crippen LogP contribution in [0.15, 0.2) is 64.2 Å². The number of alkyl halides is 2. The molecule has 3 rings (SSSR count). The SMILES string of the molecule is CN=C(NCc1coc(-c2ccccc2)n1)NCc1cc(Cl)ccc1OC(F)F.I. The number of hydrogen-bond donors (Lipinski definition) is 2. The Bertz CT molecular complexity index is 970. The first kappa shape index (κ1) is 23.9. The van der Waals surface area contributed by atoms with Crippen LogP contribution in [-0.4, -0.2) is 24.6 Å². The van der Waals surface area contributed by atoms with E-state index in [0.29, 0.717) is 34.7 Å². The summed E-state index contributed by atoms with van der Waals surface area (Å²) in [4.78, 5) is 8.54. The maximum Gasteiger partial charge on any atom is 0.387 e. The van der Waals surface area contributed by atoms with Gasteiger partial charge < -0.3 is 19.8 Å². The van der Waals surface area contributed by atoms with Gasteiger partial charge in [0.05, 0.1) is 12.2 Å². The third-order valence-electron chi connectivity index (χ3n) is 3.92. The van der Waals surface area contributed by atoms with Crippen molar-refractivity contribution in [2.24, 2.45) is 4.99 Å². The summed E-state index contributed by atoms with van der Waals surface area (Å²) in [6.45, 7) is -2.36. The molecule has 0 aliphatic carbocycles. The van der Waals surface area contributed by atoms with Crippen LogP contribution in [0, 0.1) is 0 Å². The lowest BCUT2D eigenvalue weighted by atomic mass is 10.2. The maximum atomic E-state index is 12.6. The van der Waals surface area contributed by atoms with Gasteiger partial charge >= 0.3 is 6.61 Å².